The summed E-state index contributed by atoms with van der Waals surface area (Å²) in [7, 11) is 0. The molecule has 1 saturated heterocycles. The second kappa shape index (κ2) is 12.1. The molecule has 0 spiro atoms. The molecule has 218 valence electrons. The number of benzene rings is 2. The smallest absolute Gasteiger partial charge is 0.382 e. The monoisotopic (exact) mass is 591 g/mol. The van der Waals surface area contributed by atoms with Crippen molar-refractivity contribution in [2.24, 2.45) is 0 Å². The number of halogens is 4. The minimum absolute atomic E-state index is 0.0188. The molecule has 1 amide bonds. The Morgan fingerprint density at radius 3 is 2.46 bits per heavy atom. The number of nitrogens with zero attached hydrogens (tertiary/aromatic N) is 4. The van der Waals surface area contributed by atoms with Gasteiger partial charge in [0.1, 0.15) is 18.0 Å². The molecule has 0 unspecified atom stereocenters. The van der Waals surface area contributed by atoms with Crippen molar-refractivity contribution >= 4 is 45.6 Å². The first-order valence-electron chi connectivity index (χ1n) is 13.4. The molecular formula is C28H29ClF3N5O4. The summed E-state index contributed by atoms with van der Waals surface area (Å²) in [6.07, 6.45) is -2.36. The van der Waals surface area contributed by atoms with Crippen molar-refractivity contribution in [2.45, 2.75) is 44.0 Å². The summed E-state index contributed by atoms with van der Waals surface area (Å²) < 4.78 is 45.7. The van der Waals surface area contributed by atoms with Gasteiger partial charge in [0, 0.05) is 54.4 Å². The summed E-state index contributed by atoms with van der Waals surface area (Å²) in [4.78, 5) is 31.4. The second-order valence-electron chi connectivity index (χ2n) is 10.3. The number of hydrogen-bond donors (Lipinski definition) is 1. The molecule has 41 heavy (non-hydrogen) atoms. The molecule has 3 aromatic rings. The van der Waals surface area contributed by atoms with Crippen molar-refractivity contribution in [1.82, 2.24) is 9.88 Å². The van der Waals surface area contributed by atoms with Crippen molar-refractivity contribution in [1.29, 1.82) is 0 Å². The maximum Gasteiger partial charge on any atom is 0.423 e. The number of carbonyl (C=O) groups is 1. The highest BCUT2D eigenvalue weighted by Crippen LogP contribution is 2.38. The molecule has 1 saturated carbocycles. The number of aromatic nitrogens is 1. The molecule has 5 rings (SSSR count). The number of piperazine rings is 1. The van der Waals surface area contributed by atoms with E-state index in [-0.39, 0.29) is 30.3 Å². The van der Waals surface area contributed by atoms with Gasteiger partial charge in [-0.2, -0.15) is 13.2 Å². The number of nitro groups is 1. The minimum atomic E-state index is -4.83. The molecule has 2 fully saturated rings. The van der Waals surface area contributed by atoms with Crippen LogP contribution in [0, 0.1) is 10.1 Å². The van der Waals surface area contributed by atoms with Gasteiger partial charge in [-0.05, 0) is 68.1 Å². The van der Waals surface area contributed by atoms with Crippen LogP contribution in [-0.4, -0.2) is 65.6 Å². The van der Waals surface area contributed by atoms with Gasteiger partial charge < -0.3 is 19.9 Å². The summed E-state index contributed by atoms with van der Waals surface area (Å²) >= 11 is 6.06. The zero-order chi connectivity index (χ0) is 29.1. The van der Waals surface area contributed by atoms with Gasteiger partial charge in [-0.25, -0.2) is 4.98 Å². The SMILES string of the molecule is O=C(COC1CCC(Nc2ccc([N+](=O)[O-])c(C(F)(F)F)c2)CC1)N1CCN(c2ccc3cc(Cl)ccc3n2)CC1. The summed E-state index contributed by atoms with van der Waals surface area (Å²) in [5.74, 6) is 0.786. The fourth-order valence-electron chi connectivity index (χ4n) is 5.35. The van der Waals surface area contributed by atoms with E-state index in [1.165, 1.54) is 6.07 Å². The number of pyridine rings is 1. The molecule has 13 heteroatoms. The van der Waals surface area contributed by atoms with E-state index >= 15 is 0 Å². The predicted octanol–water partition coefficient (Wildman–Crippen LogP) is 5.90. The van der Waals surface area contributed by atoms with E-state index in [4.69, 9.17) is 21.3 Å². The quantitative estimate of drug-likeness (QED) is 0.269. The highest BCUT2D eigenvalue weighted by Gasteiger charge is 2.38. The summed E-state index contributed by atoms with van der Waals surface area (Å²) in [6, 6.07) is 12.4. The van der Waals surface area contributed by atoms with Crippen LogP contribution < -0.4 is 10.2 Å². The van der Waals surface area contributed by atoms with Crippen LogP contribution in [0.5, 0.6) is 0 Å². The van der Waals surface area contributed by atoms with Crippen LogP contribution in [0.3, 0.4) is 0 Å². The van der Waals surface area contributed by atoms with Crippen LogP contribution in [0.2, 0.25) is 5.02 Å². The van der Waals surface area contributed by atoms with Crippen LogP contribution in [0.4, 0.5) is 30.4 Å². The number of nitrogens with one attached hydrogen (secondary N) is 1. The molecule has 2 heterocycles. The third kappa shape index (κ3) is 6.99. The zero-order valence-electron chi connectivity index (χ0n) is 22.1. The Kier molecular flexibility index (Phi) is 8.50. The van der Waals surface area contributed by atoms with E-state index in [1.54, 1.807) is 4.90 Å². The zero-order valence-corrected chi connectivity index (χ0v) is 22.8. The number of carbonyl (C=O) groups excluding carboxylic acids is 1. The molecule has 1 aliphatic heterocycles. The largest absolute Gasteiger partial charge is 0.423 e. The average Bonchev–Trinajstić information content (AvgIpc) is 2.96. The number of amides is 1. The normalized spacial score (nSPS) is 19.8. The molecular weight excluding hydrogens is 563 g/mol. The van der Waals surface area contributed by atoms with Gasteiger partial charge in [-0.3, -0.25) is 14.9 Å². The Bertz CT molecular complexity index is 1420. The van der Waals surface area contributed by atoms with E-state index in [0.717, 1.165) is 28.9 Å². The average molecular weight is 592 g/mol. The molecule has 0 atom stereocenters. The molecule has 0 bridgehead atoms. The maximum atomic E-state index is 13.3. The van der Waals surface area contributed by atoms with E-state index in [9.17, 15) is 28.1 Å². The fourth-order valence-corrected chi connectivity index (χ4v) is 5.53. The van der Waals surface area contributed by atoms with Crippen molar-refractivity contribution in [3.05, 3.63) is 69.2 Å². The molecule has 2 aromatic carbocycles. The number of alkyl halides is 3. The molecule has 1 aromatic heterocycles. The first kappa shape index (κ1) is 28.9. The minimum Gasteiger partial charge on any atom is -0.382 e. The van der Waals surface area contributed by atoms with Crippen LogP contribution in [0.1, 0.15) is 31.2 Å². The molecule has 0 radical (unpaired) electrons. The van der Waals surface area contributed by atoms with Crippen LogP contribution in [0.25, 0.3) is 10.9 Å². The van der Waals surface area contributed by atoms with Gasteiger partial charge in [-0.15, -0.1) is 0 Å². The lowest BCUT2D eigenvalue weighted by atomic mass is 9.92. The fraction of sp³-hybridized carbons (Fsp3) is 0.429. The standard InChI is InChI=1S/C28H29ClF3N5O4/c29-19-2-8-24-18(15-19)1-10-26(34-24)35-11-13-36(14-12-35)27(38)17-41-22-6-3-20(4-7-22)33-21-5-9-25(37(39)40)23(16-21)28(30,31)32/h1-2,5,8-10,15-16,20,22,33H,3-4,6-7,11-14,17H2. The Labute approximate surface area is 239 Å². The van der Waals surface area contributed by atoms with Gasteiger partial charge >= 0.3 is 6.18 Å². The van der Waals surface area contributed by atoms with Crippen LogP contribution in [-0.2, 0) is 15.7 Å². The Balaban J connectivity index is 1.05. The van der Waals surface area contributed by atoms with E-state index in [2.05, 4.69) is 10.2 Å². The number of fused-ring (bicyclic) bond motifs is 1. The number of nitro benzene ring substituents is 1. The topological polar surface area (TPSA) is 101 Å². The highest BCUT2D eigenvalue weighted by atomic mass is 35.5. The van der Waals surface area contributed by atoms with Crippen molar-refractivity contribution in [3.8, 4) is 0 Å². The third-order valence-electron chi connectivity index (χ3n) is 7.58. The van der Waals surface area contributed by atoms with Gasteiger partial charge in [0.2, 0.25) is 5.91 Å². The van der Waals surface area contributed by atoms with Gasteiger partial charge in [-0.1, -0.05) is 11.6 Å². The van der Waals surface area contributed by atoms with Crippen molar-refractivity contribution in [2.75, 3.05) is 43.0 Å². The molecule has 1 N–H and O–H groups in total. The summed E-state index contributed by atoms with van der Waals surface area (Å²) in [6.45, 7) is 2.43. The van der Waals surface area contributed by atoms with Crippen LogP contribution in [0.15, 0.2) is 48.5 Å². The second-order valence-corrected chi connectivity index (χ2v) is 10.7. The van der Waals surface area contributed by atoms with Crippen molar-refractivity contribution in [3.63, 3.8) is 0 Å². The maximum absolute atomic E-state index is 13.3. The molecule has 1 aliphatic carbocycles. The van der Waals surface area contributed by atoms with Gasteiger partial charge in [0.05, 0.1) is 16.5 Å². The number of ether oxygens (including phenoxy) is 1. The lowest BCUT2D eigenvalue weighted by Gasteiger charge is -2.36. The van der Waals surface area contributed by atoms with Gasteiger partial charge in [0.15, 0.2) is 0 Å². The van der Waals surface area contributed by atoms with E-state index in [0.29, 0.717) is 56.9 Å². The van der Waals surface area contributed by atoms with E-state index in [1.807, 2.05) is 30.3 Å². The number of hydrogen-bond acceptors (Lipinski definition) is 7. The van der Waals surface area contributed by atoms with Crippen LogP contribution >= 0.6 is 11.6 Å². The first-order chi connectivity index (χ1) is 19.6. The Hall–Kier alpha value is -3.64. The van der Waals surface area contributed by atoms with Crippen molar-refractivity contribution < 1.29 is 27.6 Å². The first-order valence-corrected chi connectivity index (χ1v) is 13.8. The number of rotatable bonds is 7. The summed E-state index contributed by atoms with van der Waals surface area (Å²) in [5, 5.41) is 15.7. The Morgan fingerprint density at radius 2 is 1.78 bits per heavy atom. The molecule has 9 nitrogen and oxygen atoms in total. The summed E-state index contributed by atoms with van der Waals surface area (Å²) in [5.41, 5.74) is -1.20. The predicted molar refractivity (Wildman–Crippen MR) is 149 cm³/mol. The Morgan fingerprint density at radius 1 is 1.05 bits per heavy atom. The lowest BCUT2D eigenvalue weighted by Crippen LogP contribution is -2.50. The van der Waals surface area contributed by atoms with Gasteiger partial charge in [0.25, 0.3) is 5.69 Å². The lowest BCUT2D eigenvalue weighted by molar-refractivity contribution is -0.388. The third-order valence-corrected chi connectivity index (χ3v) is 7.81. The number of anilines is 2. The highest BCUT2D eigenvalue weighted by molar-refractivity contribution is 6.31. The molecule has 2 aliphatic rings. The van der Waals surface area contributed by atoms with E-state index < -0.39 is 22.4 Å².